The third-order valence-corrected chi connectivity index (χ3v) is 3.24. The molecule has 2 nitrogen and oxygen atoms in total. The average molecular weight is 225 g/mol. The summed E-state index contributed by atoms with van der Waals surface area (Å²) in [5.74, 6) is 0. The summed E-state index contributed by atoms with van der Waals surface area (Å²) < 4.78 is 19.3. The van der Waals surface area contributed by atoms with Crippen molar-refractivity contribution in [3.8, 4) is 0 Å². The van der Waals surface area contributed by atoms with E-state index >= 15 is 0 Å². The summed E-state index contributed by atoms with van der Waals surface area (Å²) >= 11 is 0. The molecule has 2 heterocycles. The highest BCUT2D eigenvalue weighted by Gasteiger charge is 2.29. The summed E-state index contributed by atoms with van der Waals surface area (Å²) in [6, 6.07) is 2.18. The number of halogens is 1. The van der Waals surface area contributed by atoms with Crippen molar-refractivity contribution in [1.82, 2.24) is 5.32 Å². The summed E-state index contributed by atoms with van der Waals surface area (Å²) in [6.45, 7) is 2.72. The Morgan fingerprint density at radius 3 is 3.06 bits per heavy atom. The van der Waals surface area contributed by atoms with E-state index < -0.39 is 5.67 Å². The van der Waals surface area contributed by atoms with Gasteiger partial charge in [0.05, 0.1) is 12.5 Å². The second-order valence-electron chi connectivity index (χ2n) is 5.07. The molecule has 16 heavy (non-hydrogen) atoms. The molecule has 1 aliphatic rings. The third-order valence-electron chi connectivity index (χ3n) is 3.24. The van der Waals surface area contributed by atoms with Gasteiger partial charge in [0.1, 0.15) is 5.67 Å². The molecule has 1 aromatic rings. The van der Waals surface area contributed by atoms with E-state index in [1.807, 2.05) is 6.07 Å². The minimum atomic E-state index is -1.14. The van der Waals surface area contributed by atoms with Crippen molar-refractivity contribution in [2.75, 3.05) is 6.54 Å². The van der Waals surface area contributed by atoms with Gasteiger partial charge in [0.25, 0.3) is 0 Å². The molecule has 3 heteroatoms. The predicted octanol–water partition coefficient (Wildman–Crippen LogP) is 3.08. The van der Waals surface area contributed by atoms with Crippen LogP contribution in [0, 0.1) is 0 Å². The Hall–Kier alpha value is -0.830. The summed E-state index contributed by atoms with van der Waals surface area (Å²) in [5, 5.41) is 3.39. The van der Waals surface area contributed by atoms with Gasteiger partial charge < -0.3 is 9.73 Å². The van der Waals surface area contributed by atoms with Gasteiger partial charge >= 0.3 is 0 Å². The Morgan fingerprint density at radius 1 is 1.56 bits per heavy atom. The number of rotatable bonds is 4. The van der Waals surface area contributed by atoms with Crippen LogP contribution in [-0.4, -0.2) is 18.3 Å². The van der Waals surface area contributed by atoms with E-state index in [0.717, 1.165) is 18.5 Å². The maximum Gasteiger partial charge on any atom is 0.113 e. The molecule has 2 atom stereocenters. The van der Waals surface area contributed by atoms with E-state index in [4.69, 9.17) is 4.42 Å². The second kappa shape index (κ2) is 5.00. The number of piperidine rings is 1. The molecule has 0 aromatic carbocycles. The van der Waals surface area contributed by atoms with Gasteiger partial charge in [-0.25, -0.2) is 4.39 Å². The van der Waals surface area contributed by atoms with Gasteiger partial charge in [-0.3, -0.25) is 0 Å². The molecule has 1 N–H and O–H groups in total. The van der Waals surface area contributed by atoms with Crippen LogP contribution in [0.2, 0.25) is 0 Å². The Balaban J connectivity index is 1.86. The van der Waals surface area contributed by atoms with Crippen molar-refractivity contribution in [3.63, 3.8) is 0 Å². The van der Waals surface area contributed by atoms with Gasteiger partial charge in [0.15, 0.2) is 0 Å². The SMILES string of the molecule is CC(F)(Cc1ccoc1)CC1CCCCN1. The molecular formula is C13H20FNO. The quantitative estimate of drug-likeness (QED) is 0.851. The summed E-state index contributed by atoms with van der Waals surface area (Å²) in [7, 11) is 0. The molecule has 90 valence electrons. The molecule has 0 aliphatic carbocycles. The minimum absolute atomic E-state index is 0.343. The lowest BCUT2D eigenvalue weighted by atomic mass is 9.89. The third kappa shape index (κ3) is 3.34. The van der Waals surface area contributed by atoms with E-state index in [0.29, 0.717) is 18.9 Å². The van der Waals surface area contributed by atoms with E-state index in [1.54, 1.807) is 19.5 Å². The first-order chi connectivity index (χ1) is 7.66. The number of furan rings is 1. The summed E-state index contributed by atoms with van der Waals surface area (Å²) in [4.78, 5) is 0. The van der Waals surface area contributed by atoms with Crippen LogP contribution in [-0.2, 0) is 6.42 Å². The smallest absolute Gasteiger partial charge is 0.113 e. The molecule has 0 saturated carbocycles. The zero-order valence-corrected chi connectivity index (χ0v) is 9.84. The van der Waals surface area contributed by atoms with E-state index in [1.165, 1.54) is 12.8 Å². The highest BCUT2D eigenvalue weighted by Crippen LogP contribution is 2.26. The average Bonchev–Trinajstić information content (AvgIpc) is 2.70. The Labute approximate surface area is 96.2 Å². The maximum atomic E-state index is 14.4. The van der Waals surface area contributed by atoms with Crippen molar-refractivity contribution in [3.05, 3.63) is 24.2 Å². The van der Waals surface area contributed by atoms with Crippen LogP contribution in [0.4, 0.5) is 4.39 Å². The van der Waals surface area contributed by atoms with Crippen LogP contribution >= 0.6 is 0 Å². The fraction of sp³-hybridized carbons (Fsp3) is 0.692. The lowest BCUT2D eigenvalue weighted by molar-refractivity contribution is 0.145. The molecular weight excluding hydrogens is 205 g/mol. The highest BCUT2D eigenvalue weighted by atomic mass is 19.1. The van der Waals surface area contributed by atoms with Crippen molar-refractivity contribution < 1.29 is 8.81 Å². The van der Waals surface area contributed by atoms with Crippen molar-refractivity contribution in [1.29, 1.82) is 0 Å². The second-order valence-corrected chi connectivity index (χ2v) is 5.07. The lowest BCUT2D eigenvalue weighted by Crippen LogP contribution is -2.39. The van der Waals surface area contributed by atoms with Gasteiger partial charge in [-0.2, -0.15) is 0 Å². The number of hydrogen-bond acceptors (Lipinski definition) is 2. The minimum Gasteiger partial charge on any atom is -0.472 e. The molecule has 1 aliphatic heterocycles. The van der Waals surface area contributed by atoms with Crippen molar-refractivity contribution in [2.45, 2.75) is 50.7 Å². The zero-order valence-electron chi connectivity index (χ0n) is 9.84. The molecule has 0 spiro atoms. The van der Waals surface area contributed by atoms with E-state index in [2.05, 4.69) is 5.32 Å². The number of nitrogens with one attached hydrogen (secondary N) is 1. The first-order valence-corrected chi connectivity index (χ1v) is 6.09. The molecule has 2 rings (SSSR count). The van der Waals surface area contributed by atoms with Gasteiger partial charge in [0, 0.05) is 12.5 Å². The van der Waals surface area contributed by atoms with E-state index in [9.17, 15) is 4.39 Å². The van der Waals surface area contributed by atoms with Crippen molar-refractivity contribution >= 4 is 0 Å². The first kappa shape index (κ1) is 11.6. The Morgan fingerprint density at radius 2 is 2.44 bits per heavy atom. The topological polar surface area (TPSA) is 25.2 Å². The molecule has 0 radical (unpaired) electrons. The molecule has 1 fully saturated rings. The highest BCUT2D eigenvalue weighted by molar-refractivity contribution is 5.09. The summed E-state index contributed by atoms with van der Waals surface area (Å²) in [5.41, 5.74) is -0.195. The van der Waals surface area contributed by atoms with Gasteiger partial charge in [-0.1, -0.05) is 6.42 Å². The van der Waals surface area contributed by atoms with E-state index in [-0.39, 0.29) is 0 Å². The standard InChI is InChI=1S/C13H20FNO/c1-13(14,8-11-5-7-16-10-11)9-12-4-2-3-6-15-12/h5,7,10,12,15H,2-4,6,8-9H2,1H3. The monoisotopic (exact) mass is 225 g/mol. The largest absolute Gasteiger partial charge is 0.472 e. The van der Waals surface area contributed by atoms with Gasteiger partial charge in [-0.05, 0) is 44.4 Å². The van der Waals surface area contributed by atoms with Crippen LogP contribution in [0.1, 0.15) is 38.2 Å². The van der Waals surface area contributed by atoms with Gasteiger partial charge in [0.2, 0.25) is 0 Å². The van der Waals surface area contributed by atoms with Gasteiger partial charge in [-0.15, -0.1) is 0 Å². The first-order valence-electron chi connectivity index (χ1n) is 6.09. The zero-order chi connectivity index (χ0) is 11.4. The fourth-order valence-electron chi connectivity index (χ4n) is 2.50. The fourth-order valence-corrected chi connectivity index (χ4v) is 2.50. The molecule has 2 unspecified atom stereocenters. The Bertz CT molecular complexity index is 302. The van der Waals surface area contributed by atoms with Crippen LogP contribution in [0.3, 0.4) is 0 Å². The van der Waals surface area contributed by atoms with Crippen LogP contribution in [0.25, 0.3) is 0 Å². The molecule has 0 bridgehead atoms. The van der Waals surface area contributed by atoms with Crippen molar-refractivity contribution in [2.24, 2.45) is 0 Å². The van der Waals surface area contributed by atoms with Crippen LogP contribution in [0.15, 0.2) is 23.0 Å². The molecule has 1 aromatic heterocycles. The Kier molecular flexibility index (Phi) is 3.64. The molecule has 1 saturated heterocycles. The molecule has 0 amide bonds. The number of alkyl halides is 1. The van der Waals surface area contributed by atoms with Crippen LogP contribution in [0.5, 0.6) is 0 Å². The lowest BCUT2D eigenvalue weighted by Gasteiger charge is -2.29. The normalized spacial score (nSPS) is 25.2. The summed E-state index contributed by atoms with van der Waals surface area (Å²) in [6.07, 6.45) is 7.82. The number of hydrogen-bond donors (Lipinski definition) is 1. The van der Waals surface area contributed by atoms with Crippen LogP contribution < -0.4 is 5.32 Å². The maximum absolute atomic E-state index is 14.4. The predicted molar refractivity (Wildman–Crippen MR) is 62.2 cm³/mol.